The summed E-state index contributed by atoms with van der Waals surface area (Å²) in [4.78, 5) is 34.3. The Labute approximate surface area is 161 Å². The lowest BCUT2D eigenvalue weighted by Gasteiger charge is -2.13. The Hall–Kier alpha value is -2.87. The summed E-state index contributed by atoms with van der Waals surface area (Å²) in [5.74, 6) is -0.521. The first-order valence-electron chi connectivity index (χ1n) is 8.16. The number of carbonyl (C=O) groups is 2. The van der Waals surface area contributed by atoms with Crippen molar-refractivity contribution in [1.29, 1.82) is 0 Å². The van der Waals surface area contributed by atoms with E-state index in [2.05, 4.69) is 10.1 Å². The number of ether oxygens (including phenoxy) is 1. The summed E-state index contributed by atoms with van der Waals surface area (Å²) in [6.45, 7) is 3.72. The average Bonchev–Trinajstić information content (AvgIpc) is 2.67. The summed E-state index contributed by atoms with van der Waals surface area (Å²) in [5.41, 5.74) is 2.54. The molecule has 0 saturated carbocycles. The zero-order valence-electron chi connectivity index (χ0n) is 15.2. The van der Waals surface area contributed by atoms with Crippen molar-refractivity contribution in [3.05, 3.63) is 69.3 Å². The number of nitro benzene ring substituents is 1. The molecule has 2 aromatic rings. The minimum Gasteiger partial charge on any atom is -0.465 e. The summed E-state index contributed by atoms with van der Waals surface area (Å²) in [6, 6.07) is 11.3. The van der Waals surface area contributed by atoms with Crippen molar-refractivity contribution >= 4 is 35.0 Å². The Bertz CT molecular complexity index is 869. The predicted molar refractivity (Wildman–Crippen MR) is 105 cm³/mol. The number of nitro groups is 1. The zero-order valence-corrected chi connectivity index (χ0v) is 16.0. The van der Waals surface area contributed by atoms with Gasteiger partial charge in [-0.3, -0.25) is 14.9 Å². The van der Waals surface area contributed by atoms with E-state index < -0.39 is 10.9 Å². The molecule has 0 aliphatic heterocycles. The van der Waals surface area contributed by atoms with E-state index in [4.69, 9.17) is 0 Å². The SMILES string of the molecule is COC(=O)c1ccc(C)c(NC(=O)CS[C@@H](C)c2cccc([N+](=O)[O-])c2)c1. The number of hydrogen-bond donors (Lipinski definition) is 1. The third-order valence-electron chi connectivity index (χ3n) is 3.95. The van der Waals surface area contributed by atoms with Gasteiger partial charge in [0, 0.05) is 23.1 Å². The molecule has 0 radical (unpaired) electrons. The molecule has 1 amide bonds. The first kappa shape index (κ1) is 20.4. The molecule has 0 aromatic heterocycles. The van der Waals surface area contributed by atoms with E-state index in [-0.39, 0.29) is 22.6 Å². The second-order valence-corrected chi connectivity index (χ2v) is 7.20. The first-order valence-corrected chi connectivity index (χ1v) is 9.21. The minimum absolute atomic E-state index is 0.0275. The maximum atomic E-state index is 12.3. The smallest absolute Gasteiger partial charge is 0.337 e. The average molecular weight is 388 g/mol. The van der Waals surface area contributed by atoms with Crippen LogP contribution < -0.4 is 5.32 Å². The molecule has 0 unspecified atom stereocenters. The molecule has 0 aliphatic carbocycles. The van der Waals surface area contributed by atoms with E-state index in [9.17, 15) is 19.7 Å². The highest BCUT2D eigenvalue weighted by Crippen LogP contribution is 2.30. The van der Waals surface area contributed by atoms with Gasteiger partial charge in [-0.25, -0.2) is 4.79 Å². The minimum atomic E-state index is -0.473. The number of anilines is 1. The van der Waals surface area contributed by atoms with Crippen LogP contribution in [0.1, 0.15) is 33.7 Å². The van der Waals surface area contributed by atoms with Crippen molar-refractivity contribution in [2.45, 2.75) is 19.1 Å². The van der Waals surface area contributed by atoms with Crippen molar-refractivity contribution in [1.82, 2.24) is 0 Å². The zero-order chi connectivity index (χ0) is 20.0. The molecule has 2 aromatic carbocycles. The van der Waals surface area contributed by atoms with Gasteiger partial charge < -0.3 is 10.1 Å². The third-order valence-corrected chi connectivity index (χ3v) is 5.15. The molecule has 0 saturated heterocycles. The number of thioether (sulfide) groups is 1. The quantitative estimate of drug-likeness (QED) is 0.435. The largest absolute Gasteiger partial charge is 0.465 e. The molecule has 8 heteroatoms. The number of non-ortho nitro benzene ring substituents is 1. The van der Waals surface area contributed by atoms with E-state index >= 15 is 0 Å². The fourth-order valence-electron chi connectivity index (χ4n) is 2.38. The number of carbonyl (C=O) groups excluding carboxylic acids is 2. The van der Waals surface area contributed by atoms with Crippen molar-refractivity contribution in [3.8, 4) is 0 Å². The second kappa shape index (κ2) is 9.18. The lowest BCUT2D eigenvalue weighted by atomic mass is 10.1. The normalized spacial score (nSPS) is 11.5. The highest BCUT2D eigenvalue weighted by Gasteiger charge is 2.14. The van der Waals surface area contributed by atoms with Crippen LogP contribution in [0.5, 0.6) is 0 Å². The van der Waals surface area contributed by atoms with Gasteiger partial charge in [0.15, 0.2) is 0 Å². The summed E-state index contributed by atoms with van der Waals surface area (Å²) in [6.07, 6.45) is 0. The van der Waals surface area contributed by atoms with Crippen LogP contribution in [0.15, 0.2) is 42.5 Å². The van der Waals surface area contributed by atoms with Gasteiger partial charge in [-0.05, 0) is 37.1 Å². The van der Waals surface area contributed by atoms with Crippen LogP contribution in [0.2, 0.25) is 0 Å². The number of esters is 1. The Balaban J connectivity index is 1.99. The van der Waals surface area contributed by atoms with Gasteiger partial charge in [0.2, 0.25) is 5.91 Å². The van der Waals surface area contributed by atoms with Crippen LogP contribution in [0, 0.1) is 17.0 Å². The summed E-state index contributed by atoms with van der Waals surface area (Å²) in [7, 11) is 1.30. The lowest BCUT2D eigenvalue weighted by molar-refractivity contribution is -0.384. The molecule has 0 spiro atoms. The molecule has 7 nitrogen and oxygen atoms in total. The summed E-state index contributed by atoms with van der Waals surface area (Å²) in [5, 5.41) is 13.6. The highest BCUT2D eigenvalue weighted by atomic mass is 32.2. The van der Waals surface area contributed by atoms with Gasteiger partial charge >= 0.3 is 5.97 Å². The number of benzene rings is 2. The number of nitrogens with zero attached hydrogens (tertiary/aromatic N) is 1. The van der Waals surface area contributed by atoms with Gasteiger partial charge in [0.05, 0.1) is 23.3 Å². The Kier molecular flexibility index (Phi) is 6.95. The molecule has 1 atom stereocenters. The maximum Gasteiger partial charge on any atom is 0.337 e. The fourth-order valence-corrected chi connectivity index (χ4v) is 3.19. The van der Waals surface area contributed by atoms with Crippen LogP contribution in [0.4, 0.5) is 11.4 Å². The van der Waals surface area contributed by atoms with E-state index in [0.29, 0.717) is 11.3 Å². The highest BCUT2D eigenvalue weighted by molar-refractivity contribution is 8.00. The molecular weight excluding hydrogens is 368 g/mol. The molecular formula is C19H20N2O5S. The predicted octanol–water partition coefficient (Wildman–Crippen LogP) is 4.12. The van der Waals surface area contributed by atoms with Crippen LogP contribution >= 0.6 is 11.8 Å². The number of aryl methyl sites for hydroxylation is 1. The van der Waals surface area contributed by atoms with E-state index in [1.165, 1.54) is 31.0 Å². The van der Waals surface area contributed by atoms with Crippen molar-refractivity contribution < 1.29 is 19.2 Å². The Morgan fingerprint density at radius 2 is 2.00 bits per heavy atom. The summed E-state index contributed by atoms with van der Waals surface area (Å²) < 4.78 is 4.69. The molecule has 27 heavy (non-hydrogen) atoms. The molecule has 142 valence electrons. The van der Waals surface area contributed by atoms with E-state index in [1.807, 2.05) is 13.8 Å². The van der Waals surface area contributed by atoms with Crippen molar-refractivity contribution in [3.63, 3.8) is 0 Å². The number of amides is 1. The van der Waals surface area contributed by atoms with Crippen LogP contribution in [-0.2, 0) is 9.53 Å². The number of methoxy groups -OCH3 is 1. The van der Waals surface area contributed by atoms with E-state index in [1.54, 1.807) is 30.3 Å². The van der Waals surface area contributed by atoms with Crippen LogP contribution in [0.25, 0.3) is 0 Å². The van der Waals surface area contributed by atoms with E-state index in [0.717, 1.165) is 11.1 Å². The number of nitrogens with one attached hydrogen (secondary N) is 1. The molecule has 0 heterocycles. The number of rotatable bonds is 7. The van der Waals surface area contributed by atoms with Gasteiger partial charge in [-0.15, -0.1) is 11.8 Å². The Morgan fingerprint density at radius 1 is 1.26 bits per heavy atom. The third kappa shape index (κ3) is 5.55. The van der Waals surface area contributed by atoms with Gasteiger partial charge in [-0.1, -0.05) is 18.2 Å². The fraction of sp³-hybridized carbons (Fsp3) is 0.263. The first-order chi connectivity index (χ1) is 12.8. The lowest BCUT2D eigenvalue weighted by Crippen LogP contribution is -2.16. The van der Waals surface area contributed by atoms with Crippen LogP contribution in [0.3, 0.4) is 0 Å². The Morgan fingerprint density at radius 3 is 2.67 bits per heavy atom. The van der Waals surface area contributed by atoms with Gasteiger partial charge in [0.1, 0.15) is 0 Å². The van der Waals surface area contributed by atoms with Crippen LogP contribution in [-0.4, -0.2) is 29.7 Å². The topological polar surface area (TPSA) is 98.5 Å². The molecule has 1 N–H and O–H groups in total. The second-order valence-electron chi connectivity index (χ2n) is 5.87. The van der Waals surface area contributed by atoms with Gasteiger partial charge in [0.25, 0.3) is 5.69 Å². The van der Waals surface area contributed by atoms with Gasteiger partial charge in [-0.2, -0.15) is 0 Å². The number of hydrogen-bond acceptors (Lipinski definition) is 6. The van der Waals surface area contributed by atoms with Crippen molar-refractivity contribution in [2.75, 3.05) is 18.2 Å². The molecule has 0 bridgehead atoms. The monoisotopic (exact) mass is 388 g/mol. The van der Waals surface area contributed by atoms with Crippen molar-refractivity contribution in [2.24, 2.45) is 0 Å². The standard InChI is InChI=1S/C19H20N2O5S/c1-12-7-8-15(19(23)26-3)10-17(12)20-18(22)11-27-13(2)14-5-4-6-16(9-14)21(24)25/h4-10,13H,11H2,1-3H3,(H,20,22)/t13-/m0/s1. The maximum absolute atomic E-state index is 12.3. The summed E-state index contributed by atoms with van der Waals surface area (Å²) >= 11 is 1.37. The molecule has 0 fully saturated rings. The molecule has 0 aliphatic rings. The molecule has 2 rings (SSSR count).